The second-order valence-corrected chi connectivity index (χ2v) is 2.39. The van der Waals surface area contributed by atoms with Crippen molar-refractivity contribution in [1.82, 2.24) is 0 Å². The van der Waals surface area contributed by atoms with E-state index in [4.69, 9.17) is 9.47 Å². The fourth-order valence-electron chi connectivity index (χ4n) is 0.669. The minimum Gasteiger partial charge on any atom is -0.377 e. The van der Waals surface area contributed by atoms with E-state index in [2.05, 4.69) is 0 Å². The van der Waals surface area contributed by atoms with E-state index in [0.717, 1.165) is 0 Å². The monoisotopic (exact) mass is 145 g/mol. The first kappa shape index (κ1) is 7.98. The van der Waals surface area contributed by atoms with Crippen LogP contribution >= 0.6 is 0 Å². The Labute approximate surface area is 60.9 Å². The van der Waals surface area contributed by atoms with Crippen molar-refractivity contribution in [3.63, 3.8) is 0 Å². The molecule has 0 amide bonds. The highest BCUT2D eigenvalue weighted by atomic mass is 16.5. The van der Waals surface area contributed by atoms with Crippen LogP contribution in [0.25, 0.3) is 0 Å². The van der Waals surface area contributed by atoms with Gasteiger partial charge >= 0.3 is 0 Å². The predicted molar refractivity (Wildman–Crippen MR) is 35.3 cm³/mol. The van der Waals surface area contributed by atoms with Gasteiger partial charge in [0.2, 0.25) is 0 Å². The van der Waals surface area contributed by atoms with E-state index < -0.39 is 0 Å². The summed E-state index contributed by atoms with van der Waals surface area (Å²) in [5, 5.41) is 9.87. The van der Waals surface area contributed by atoms with Gasteiger partial charge in [-0.15, -0.1) is 0 Å². The van der Waals surface area contributed by atoms with Crippen molar-refractivity contribution in [2.75, 3.05) is 26.4 Å². The lowest BCUT2D eigenvalue weighted by molar-refractivity contribution is 0.0163. The minimum atomic E-state index is -0.149. The third-order valence-electron chi connectivity index (χ3n) is 1.33. The van der Waals surface area contributed by atoms with Gasteiger partial charge in [0, 0.05) is 0 Å². The van der Waals surface area contributed by atoms with Crippen LogP contribution in [0.1, 0.15) is 12.8 Å². The Hall–Kier alpha value is -0.120. The summed E-state index contributed by atoms with van der Waals surface area (Å²) in [6, 6.07) is 0. The molecule has 10 heavy (non-hydrogen) atoms. The molecule has 0 aromatic heterocycles. The lowest BCUT2D eigenvalue weighted by Crippen LogP contribution is -2.07. The molecule has 1 radical (unpaired) electrons. The van der Waals surface area contributed by atoms with E-state index in [9.17, 15) is 5.11 Å². The maximum absolute atomic E-state index is 9.87. The first-order chi connectivity index (χ1) is 4.93. The summed E-state index contributed by atoms with van der Waals surface area (Å²) in [6.45, 7) is 1.38. The summed E-state index contributed by atoms with van der Waals surface area (Å²) >= 11 is 0. The molecule has 0 aromatic rings. The van der Waals surface area contributed by atoms with Gasteiger partial charge in [0.15, 0.2) is 0 Å². The maximum atomic E-state index is 9.87. The van der Waals surface area contributed by atoms with Gasteiger partial charge < -0.3 is 9.47 Å². The number of ether oxygens (including phenoxy) is 2. The molecule has 59 valence electrons. The molecule has 1 fully saturated rings. The van der Waals surface area contributed by atoms with Crippen molar-refractivity contribution >= 4 is 0 Å². The zero-order chi connectivity index (χ0) is 7.23. The molecule has 1 aliphatic rings. The Morgan fingerprint density at radius 1 is 1.20 bits per heavy atom. The second kappa shape index (κ2) is 4.66. The Morgan fingerprint density at radius 2 is 2.00 bits per heavy atom. The van der Waals surface area contributed by atoms with Crippen LogP contribution in [0.3, 0.4) is 0 Å². The van der Waals surface area contributed by atoms with Crippen LogP contribution in [-0.2, 0) is 14.6 Å². The van der Waals surface area contributed by atoms with Gasteiger partial charge in [0.1, 0.15) is 6.61 Å². The Balaban J connectivity index is 1.68. The molecule has 3 heteroatoms. The zero-order valence-electron chi connectivity index (χ0n) is 6.04. The SMILES string of the molecule is [O]CCOCCOC1CC1. The van der Waals surface area contributed by atoms with Crippen molar-refractivity contribution < 1.29 is 14.6 Å². The molecular formula is C7H13O3. The van der Waals surface area contributed by atoms with Crippen molar-refractivity contribution in [2.45, 2.75) is 18.9 Å². The van der Waals surface area contributed by atoms with Gasteiger partial charge in [-0.1, -0.05) is 0 Å². The van der Waals surface area contributed by atoms with E-state index in [1.165, 1.54) is 12.8 Å². The molecule has 1 saturated carbocycles. The highest BCUT2D eigenvalue weighted by molar-refractivity contribution is 4.72. The molecule has 0 heterocycles. The lowest BCUT2D eigenvalue weighted by Gasteiger charge is -2.01. The van der Waals surface area contributed by atoms with Crippen LogP contribution in [0, 0.1) is 0 Å². The Kier molecular flexibility index (Phi) is 3.72. The summed E-state index contributed by atoms with van der Waals surface area (Å²) in [5.74, 6) is 0. The third-order valence-corrected chi connectivity index (χ3v) is 1.33. The maximum Gasteiger partial charge on any atom is 0.106 e. The van der Waals surface area contributed by atoms with E-state index in [1.807, 2.05) is 0 Å². The lowest BCUT2D eigenvalue weighted by atomic mass is 10.7. The van der Waals surface area contributed by atoms with Gasteiger partial charge in [-0.3, -0.25) is 0 Å². The third kappa shape index (κ3) is 3.82. The van der Waals surface area contributed by atoms with E-state index >= 15 is 0 Å². The number of rotatable bonds is 6. The fraction of sp³-hybridized carbons (Fsp3) is 1.00. The van der Waals surface area contributed by atoms with Crippen LogP contribution in [-0.4, -0.2) is 32.5 Å². The quantitative estimate of drug-likeness (QED) is 0.514. The van der Waals surface area contributed by atoms with Crippen molar-refractivity contribution in [3.05, 3.63) is 0 Å². The predicted octanol–water partition coefficient (Wildman–Crippen LogP) is 0.613. The molecule has 0 unspecified atom stereocenters. The van der Waals surface area contributed by atoms with Crippen molar-refractivity contribution in [3.8, 4) is 0 Å². The summed E-state index contributed by atoms with van der Waals surface area (Å²) in [5.41, 5.74) is 0. The van der Waals surface area contributed by atoms with Crippen molar-refractivity contribution in [1.29, 1.82) is 0 Å². The second-order valence-electron chi connectivity index (χ2n) is 2.39. The van der Waals surface area contributed by atoms with Crippen LogP contribution < -0.4 is 0 Å². The standard InChI is InChI=1S/C7H13O3/c8-3-4-9-5-6-10-7-1-2-7/h7H,1-6H2. The smallest absolute Gasteiger partial charge is 0.106 e. The van der Waals surface area contributed by atoms with Crippen molar-refractivity contribution in [2.24, 2.45) is 0 Å². The number of hydrogen-bond acceptors (Lipinski definition) is 2. The topological polar surface area (TPSA) is 38.4 Å². The van der Waals surface area contributed by atoms with E-state index in [-0.39, 0.29) is 6.61 Å². The zero-order valence-corrected chi connectivity index (χ0v) is 6.04. The summed E-state index contributed by atoms with van der Waals surface area (Å²) < 4.78 is 10.2. The normalized spacial score (nSPS) is 17.7. The average Bonchev–Trinajstić information content (AvgIpc) is 2.71. The molecule has 0 bridgehead atoms. The van der Waals surface area contributed by atoms with Crippen LogP contribution in [0.5, 0.6) is 0 Å². The number of hydrogen-bond donors (Lipinski definition) is 0. The molecule has 1 rings (SSSR count). The molecule has 3 nitrogen and oxygen atoms in total. The first-order valence-electron chi connectivity index (χ1n) is 3.71. The summed E-state index contributed by atoms with van der Waals surface area (Å²) in [4.78, 5) is 0. The van der Waals surface area contributed by atoms with E-state index in [1.54, 1.807) is 0 Å². The molecule has 0 atom stereocenters. The van der Waals surface area contributed by atoms with E-state index in [0.29, 0.717) is 25.9 Å². The van der Waals surface area contributed by atoms with Crippen LogP contribution in [0.2, 0.25) is 0 Å². The Morgan fingerprint density at radius 3 is 2.60 bits per heavy atom. The average molecular weight is 145 g/mol. The molecular weight excluding hydrogens is 132 g/mol. The Bertz CT molecular complexity index is 80.9. The van der Waals surface area contributed by atoms with Gasteiger partial charge in [-0.05, 0) is 12.8 Å². The highest BCUT2D eigenvalue weighted by Crippen LogP contribution is 2.22. The molecule has 0 aromatic carbocycles. The molecule has 1 aliphatic carbocycles. The highest BCUT2D eigenvalue weighted by Gasteiger charge is 2.21. The molecule has 0 N–H and O–H groups in total. The molecule has 0 aliphatic heterocycles. The van der Waals surface area contributed by atoms with Crippen LogP contribution in [0.15, 0.2) is 0 Å². The molecule has 0 spiro atoms. The minimum absolute atomic E-state index is 0.149. The summed E-state index contributed by atoms with van der Waals surface area (Å²) in [7, 11) is 0. The summed E-state index contributed by atoms with van der Waals surface area (Å²) in [6.07, 6.45) is 2.89. The van der Waals surface area contributed by atoms with Gasteiger partial charge in [0.25, 0.3) is 0 Å². The van der Waals surface area contributed by atoms with Gasteiger partial charge in [0.05, 0.1) is 25.9 Å². The van der Waals surface area contributed by atoms with Gasteiger partial charge in [-0.25, -0.2) is 5.11 Å². The fourth-order valence-corrected chi connectivity index (χ4v) is 0.669. The first-order valence-corrected chi connectivity index (χ1v) is 3.71. The van der Waals surface area contributed by atoms with Crippen LogP contribution in [0.4, 0.5) is 0 Å². The largest absolute Gasteiger partial charge is 0.377 e. The molecule has 0 saturated heterocycles. The van der Waals surface area contributed by atoms with Gasteiger partial charge in [-0.2, -0.15) is 0 Å².